The zero-order valence-corrected chi connectivity index (χ0v) is 18.9. The molecule has 0 fully saturated rings. The number of carbonyl (C=O) groups is 2. The SMILES string of the molecule is CNC(=O)c1c(-c2ccc(F)cc2)nn2ccc(-c3cccc(C(=O)NC(C)(C)C)c3)cc12. The summed E-state index contributed by atoms with van der Waals surface area (Å²) in [5, 5.41) is 10.2. The smallest absolute Gasteiger partial charge is 0.255 e. The van der Waals surface area contributed by atoms with Crippen molar-refractivity contribution in [3.8, 4) is 22.4 Å². The summed E-state index contributed by atoms with van der Waals surface area (Å²) < 4.78 is 15.0. The van der Waals surface area contributed by atoms with E-state index < -0.39 is 0 Å². The van der Waals surface area contributed by atoms with E-state index in [4.69, 9.17) is 0 Å². The molecule has 0 unspecified atom stereocenters. The van der Waals surface area contributed by atoms with Crippen LogP contribution in [0.4, 0.5) is 4.39 Å². The van der Waals surface area contributed by atoms with Gasteiger partial charge in [0.15, 0.2) is 0 Å². The van der Waals surface area contributed by atoms with Crippen molar-refractivity contribution in [1.82, 2.24) is 20.2 Å². The van der Waals surface area contributed by atoms with E-state index in [1.165, 1.54) is 12.1 Å². The molecule has 0 aliphatic heterocycles. The molecule has 4 rings (SSSR count). The summed E-state index contributed by atoms with van der Waals surface area (Å²) in [5.74, 6) is -0.805. The number of nitrogens with one attached hydrogen (secondary N) is 2. The molecule has 33 heavy (non-hydrogen) atoms. The molecule has 0 spiro atoms. The molecule has 0 aliphatic rings. The van der Waals surface area contributed by atoms with Crippen molar-refractivity contribution < 1.29 is 14.0 Å². The Labute approximate surface area is 191 Å². The highest BCUT2D eigenvalue weighted by Gasteiger charge is 2.21. The zero-order chi connectivity index (χ0) is 23.8. The highest BCUT2D eigenvalue weighted by Crippen LogP contribution is 2.30. The van der Waals surface area contributed by atoms with Gasteiger partial charge in [-0.05, 0) is 80.4 Å². The largest absolute Gasteiger partial charge is 0.355 e. The van der Waals surface area contributed by atoms with Gasteiger partial charge in [0.25, 0.3) is 11.8 Å². The highest BCUT2D eigenvalue weighted by molar-refractivity contribution is 6.06. The molecule has 7 heteroatoms. The fourth-order valence-corrected chi connectivity index (χ4v) is 3.64. The third-order valence-electron chi connectivity index (χ3n) is 5.15. The number of aromatic nitrogens is 2. The van der Waals surface area contributed by atoms with Crippen LogP contribution in [0.1, 0.15) is 41.5 Å². The van der Waals surface area contributed by atoms with Gasteiger partial charge in [-0.3, -0.25) is 9.59 Å². The van der Waals surface area contributed by atoms with Gasteiger partial charge in [0.05, 0.1) is 11.1 Å². The number of rotatable bonds is 4. The molecule has 2 heterocycles. The van der Waals surface area contributed by atoms with E-state index in [0.717, 1.165) is 11.1 Å². The van der Waals surface area contributed by atoms with Crippen LogP contribution >= 0.6 is 0 Å². The summed E-state index contributed by atoms with van der Waals surface area (Å²) in [6.45, 7) is 5.80. The normalized spacial score (nSPS) is 11.4. The van der Waals surface area contributed by atoms with Crippen LogP contribution in [0.5, 0.6) is 0 Å². The molecule has 0 saturated carbocycles. The quantitative estimate of drug-likeness (QED) is 0.479. The third kappa shape index (κ3) is 4.62. The van der Waals surface area contributed by atoms with Crippen molar-refractivity contribution in [2.75, 3.05) is 7.05 Å². The fraction of sp³-hybridized carbons (Fsp3) is 0.192. The van der Waals surface area contributed by atoms with Gasteiger partial charge in [-0.25, -0.2) is 8.91 Å². The molecule has 6 nitrogen and oxygen atoms in total. The van der Waals surface area contributed by atoms with Crippen molar-refractivity contribution in [3.63, 3.8) is 0 Å². The second kappa shape index (κ2) is 8.50. The number of hydrogen-bond acceptors (Lipinski definition) is 3. The van der Waals surface area contributed by atoms with Crippen LogP contribution < -0.4 is 10.6 Å². The van der Waals surface area contributed by atoms with Crippen molar-refractivity contribution >= 4 is 17.3 Å². The molecular formula is C26H25FN4O2. The second-order valence-corrected chi connectivity index (χ2v) is 8.84. The number of carbonyl (C=O) groups excluding carboxylic acids is 2. The molecule has 0 atom stereocenters. The maximum atomic E-state index is 13.4. The van der Waals surface area contributed by atoms with Gasteiger partial charge < -0.3 is 10.6 Å². The van der Waals surface area contributed by atoms with Crippen LogP contribution in [-0.2, 0) is 0 Å². The first kappa shape index (κ1) is 22.2. The number of pyridine rings is 1. The Kier molecular flexibility index (Phi) is 5.72. The Morgan fingerprint density at radius 3 is 2.27 bits per heavy atom. The molecule has 2 aromatic carbocycles. The van der Waals surface area contributed by atoms with Gasteiger partial charge in [-0.2, -0.15) is 5.10 Å². The molecule has 0 radical (unpaired) electrons. The summed E-state index contributed by atoms with van der Waals surface area (Å²) in [4.78, 5) is 25.4. The van der Waals surface area contributed by atoms with Gasteiger partial charge in [0.2, 0.25) is 0 Å². The molecule has 2 aromatic heterocycles. The lowest BCUT2D eigenvalue weighted by Gasteiger charge is -2.20. The summed E-state index contributed by atoms with van der Waals surface area (Å²) in [6, 6.07) is 17.0. The summed E-state index contributed by atoms with van der Waals surface area (Å²) in [6.07, 6.45) is 1.77. The van der Waals surface area contributed by atoms with Crippen molar-refractivity contribution in [3.05, 3.63) is 83.8 Å². The summed E-state index contributed by atoms with van der Waals surface area (Å²) in [7, 11) is 1.56. The first-order chi connectivity index (χ1) is 15.7. The van der Waals surface area contributed by atoms with E-state index in [9.17, 15) is 14.0 Å². The van der Waals surface area contributed by atoms with Crippen LogP contribution in [-0.4, -0.2) is 34.0 Å². The summed E-state index contributed by atoms with van der Waals surface area (Å²) >= 11 is 0. The maximum Gasteiger partial charge on any atom is 0.255 e. The molecule has 0 bridgehead atoms. The van der Waals surface area contributed by atoms with Gasteiger partial charge in [-0.1, -0.05) is 12.1 Å². The van der Waals surface area contributed by atoms with E-state index >= 15 is 0 Å². The lowest BCUT2D eigenvalue weighted by molar-refractivity contribution is 0.0918. The van der Waals surface area contributed by atoms with Crippen LogP contribution in [0.15, 0.2) is 66.9 Å². The molecule has 0 aliphatic carbocycles. The number of hydrogen-bond donors (Lipinski definition) is 2. The van der Waals surface area contributed by atoms with Crippen molar-refractivity contribution in [2.24, 2.45) is 0 Å². The zero-order valence-electron chi connectivity index (χ0n) is 18.9. The van der Waals surface area contributed by atoms with Crippen LogP contribution in [0.2, 0.25) is 0 Å². The molecule has 168 valence electrons. The van der Waals surface area contributed by atoms with Gasteiger partial charge in [0, 0.05) is 29.9 Å². The molecule has 0 saturated heterocycles. The number of fused-ring (bicyclic) bond motifs is 1. The first-order valence-electron chi connectivity index (χ1n) is 10.6. The maximum absolute atomic E-state index is 13.4. The molecule has 2 amide bonds. The average Bonchev–Trinajstić information content (AvgIpc) is 3.16. The predicted octanol–water partition coefficient (Wildman–Crippen LogP) is 4.70. The van der Waals surface area contributed by atoms with E-state index in [1.807, 2.05) is 51.1 Å². The van der Waals surface area contributed by atoms with Gasteiger partial charge >= 0.3 is 0 Å². The third-order valence-corrected chi connectivity index (χ3v) is 5.15. The minimum Gasteiger partial charge on any atom is -0.355 e. The Morgan fingerprint density at radius 2 is 1.61 bits per heavy atom. The average molecular weight is 445 g/mol. The fourth-order valence-electron chi connectivity index (χ4n) is 3.64. The Morgan fingerprint density at radius 1 is 0.909 bits per heavy atom. The number of benzene rings is 2. The Hall–Kier alpha value is -4.00. The number of amides is 2. The molecule has 2 N–H and O–H groups in total. The Balaban J connectivity index is 1.81. The van der Waals surface area contributed by atoms with Gasteiger partial charge in [-0.15, -0.1) is 0 Å². The van der Waals surface area contributed by atoms with Crippen molar-refractivity contribution in [2.45, 2.75) is 26.3 Å². The molecular weight excluding hydrogens is 419 g/mol. The monoisotopic (exact) mass is 444 g/mol. The highest BCUT2D eigenvalue weighted by atomic mass is 19.1. The van der Waals surface area contributed by atoms with Crippen LogP contribution in [0.3, 0.4) is 0 Å². The van der Waals surface area contributed by atoms with Crippen molar-refractivity contribution in [1.29, 1.82) is 0 Å². The Bertz CT molecular complexity index is 1350. The lowest BCUT2D eigenvalue weighted by Crippen LogP contribution is -2.40. The lowest BCUT2D eigenvalue weighted by atomic mass is 10.0. The molecule has 4 aromatic rings. The predicted molar refractivity (Wildman–Crippen MR) is 127 cm³/mol. The van der Waals surface area contributed by atoms with E-state index in [-0.39, 0.29) is 23.2 Å². The van der Waals surface area contributed by atoms with E-state index in [2.05, 4.69) is 15.7 Å². The minimum atomic E-state index is -0.360. The second-order valence-electron chi connectivity index (χ2n) is 8.84. The van der Waals surface area contributed by atoms with E-state index in [0.29, 0.717) is 27.9 Å². The van der Waals surface area contributed by atoms with E-state index in [1.54, 1.807) is 36.0 Å². The van der Waals surface area contributed by atoms with Crippen LogP contribution in [0, 0.1) is 5.82 Å². The minimum absolute atomic E-state index is 0.153. The number of halogens is 1. The van der Waals surface area contributed by atoms with Gasteiger partial charge in [0.1, 0.15) is 11.5 Å². The number of nitrogens with zero attached hydrogens (tertiary/aromatic N) is 2. The first-order valence-corrected chi connectivity index (χ1v) is 10.6. The summed E-state index contributed by atoms with van der Waals surface area (Å²) in [5.41, 5.74) is 3.99. The van der Waals surface area contributed by atoms with Crippen LogP contribution in [0.25, 0.3) is 27.9 Å². The topological polar surface area (TPSA) is 75.5 Å². The standard InChI is InChI=1S/C26H25FN4O2/c1-26(2,3)29-24(32)19-7-5-6-17(14-19)18-12-13-31-21(15-18)22(25(33)28-4)23(30-31)16-8-10-20(27)11-9-16/h5-15H,1-4H3,(H,28,33)(H,29,32).